The molecule has 0 aliphatic heterocycles. The van der Waals surface area contributed by atoms with Crippen LogP contribution in [0.1, 0.15) is 26.2 Å². The number of carbonyl (C=O) groups is 1. The predicted molar refractivity (Wildman–Crippen MR) is 81.3 cm³/mol. The van der Waals surface area contributed by atoms with Gasteiger partial charge in [0.1, 0.15) is 0 Å². The molecule has 0 aromatic heterocycles. The van der Waals surface area contributed by atoms with Crippen LogP contribution in [0.5, 0.6) is 0 Å². The normalized spacial score (nSPS) is 10.3. The summed E-state index contributed by atoms with van der Waals surface area (Å²) in [6.07, 6.45) is 2.62. The summed E-state index contributed by atoms with van der Waals surface area (Å²) < 4.78 is 0. The van der Waals surface area contributed by atoms with E-state index < -0.39 is 0 Å². The molecule has 1 amide bonds. The van der Waals surface area contributed by atoms with E-state index in [1.54, 1.807) is 18.2 Å². The van der Waals surface area contributed by atoms with Gasteiger partial charge in [-0.15, -0.1) is 0 Å². The van der Waals surface area contributed by atoms with E-state index in [0.29, 0.717) is 22.8 Å². The highest BCUT2D eigenvalue weighted by Crippen LogP contribution is 2.22. The molecule has 0 bridgehead atoms. The Morgan fingerprint density at radius 2 is 2.22 bits per heavy atom. The molecule has 1 aromatic rings. The van der Waals surface area contributed by atoms with E-state index in [0.717, 1.165) is 17.9 Å². The fourth-order valence-electron chi connectivity index (χ4n) is 1.43. The maximum Gasteiger partial charge on any atom is 0.224 e. The van der Waals surface area contributed by atoms with Crippen molar-refractivity contribution >= 4 is 40.6 Å². The predicted octanol–water partition coefficient (Wildman–Crippen LogP) is 3.78. The topological polar surface area (TPSA) is 55.1 Å². The van der Waals surface area contributed by atoms with E-state index >= 15 is 0 Å². The van der Waals surface area contributed by atoms with Gasteiger partial charge in [0.2, 0.25) is 5.91 Å². The van der Waals surface area contributed by atoms with Gasteiger partial charge in [0.25, 0.3) is 0 Å². The molecule has 0 aliphatic rings. The highest BCUT2D eigenvalue weighted by atomic mass is 35.5. The number of anilines is 2. The summed E-state index contributed by atoms with van der Waals surface area (Å²) in [5.74, 6) is 2.22. The van der Waals surface area contributed by atoms with Crippen molar-refractivity contribution in [1.82, 2.24) is 0 Å². The highest BCUT2D eigenvalue weighted by molar-refractivity contribution is 7.99. The molecular weight excluding hydrogens is 268 g/mol. The Morgan fingerprint density at radius 1 is 1.44 bits per heavy atom. The molecule has 0 saturated heterocycles. The minimum Gasteiger partial charge on any atom is -0.397 e. The summed E-state index contributed by atoms with van der Waals surface area (Å²) in [5, 5.41) is 3.32. The van der Waals surface area contributed by atoms with Gasteiger partial charge >= 0.3 is 0 Å². The lowest BCUT2D eigenvalue weighted by Gasteiger charge is -2.06. The number of nitrogen functional groups attached to an aromatic ring is 1. The minimum absolute atomic E-state index is 0.0221. The van der Waals surface area contributed by atoms with E-state index in [9.17, 15) is 4.79 Å². The lowest BCUT2D eigenvalue weighted by Crippen LogP contribution is -2.11. The lowest BCUT2D eigenvalue weighted by atomic mass is 10.2. The second-order valence-corrected chi connectivity index (χ2v) is 5.63. The Balaban J connectivity index is 2.29. The van der Waals surface area contributed by atoms with Crippen LogP contribution in [0.15, 0.2) is 18.2 Å². The number of thioether (sulfide) groups is 1. The first kappa shape index (κ1) is 15.2. The average Bonchev–Trinajstić information content (AvgIpc) is 2.34. The monoisotopic (exact) mass is 286 g/mol. The van der Waals surface area contributed by atoms with Crippen LogP contribution in [0.4, 0.5) is 11.4 Å². The molecule has 0 atom stereocenters. The third-order valence-electron chi connectivity index (χ3n) is 2.32. The Bertz CT molecular complexity index is 399. The minimum atomic E-state index is 0.0221. The van der Waals surface area contributed by atoms with Crippen molar-refractivity contribution in [2.75, 3.05) is 22.6 Å². The van der Waals surface area contributed by atoms with Gasteiger partial charge in [-0.3, -0.25) is 4.79 Å². The average molecular weight is 287 g/mol. The molecule has 1 rings (SSSR count). The summed E-state index contributed by atoms with van der Waals surface area (Å²) in [7, 11) is 0. The number of benzene rings is 1. The summed E-state index contributed by atoms with van der Waals surface area (Å²) in [5.41, 5.74) is 6.84. The van der Waals surface area contributed by atoms with Gasteiger partial charge in [-0.25, -0.2) is 0 Å². The molecule has 0 fully saturated rings. The Hall–Kier alpha value is -0.870. The zero-order valence-electron chi connectivity index (χ0n) is 10.5. The van der Waals surface area contributed by atoms with Gasteiger partial charge in [-0.2, -0.15) is 11.8 Å². The number of carbonyl (C=O) groups excluding carboxylic acids is 1. The van der Waals surface area contributed by atoms with Crippen LogP contribution in [-0.2, 0) is 4.79 Å². The maximum absolute atomic E-state index is 11.6. The standard InChI is InChI=1S/C13H19ClN2OS/c1-2-7-18-8-3-4-13(17)16-10-5-6-11(14)12(15)9-10/h5-6,9H,2-4,7-8,15H2,1H3,(H,16,17). The fraction of sp³-hybridized carbons (Fsp3) is 0.462. The molecule has 0 heterocycles. The zero-order chi connectivity index (χ0) is 13.4. The van der Waals surface area contributed by atoms with Crippen LogP contribution in [0.2, 0.25) is 5.02 Å². The molecule has 5 heteroatoms. The number of halogens is 1. The van der Waals surface area contributed by atoms with Crippen molar-refractivity contribution in [3.05, 3.63) is 23.2 Å². The Kier molecular flexibility index (Phi) is 6.98. The van der Waals surface area contributed by atoms with Gasteiger partial charge in [0.05, 0.1) is 10.7 Å². The zero-order valence-corrected chi connectivity index (χ0v) is 12.1. The molecule has 3 N–H and O–H groups in total. The largest absolute Gasteiger partial charge is 0.397 e. The van der Waals surface area contributed by atoms with Crippen LogP contribution in [0, 0.1) is 0 Å². The molecule has 0 spiro atoms. The summed E-state index contributed by atoms with van der Waals surface area (Å²) in [6.45, 7) is 2.16. The molecule has 18 heavy (non-hydrogen) atoms. The number of hydrogen-bond donors (Lipinski definition) is 2. The van der Waals surface area contributed by atoms with Crippen LogP contribution >= 0.6 is 23.4 Å². The van der Waals surface area contributed by atoms with Gasteiger partial charge in [-0.05, 0) is 42.5 Å². The second-order valence-electron chi connectivity index (χ2n) is 4.00. The second kappa shape index (κ2) is 8.27. The fourth-order valence-corrected chi connectivity index (χ4v) is 2.38. The van der Waals surface area contributed by atoms with E-state index in [1.807, 2.05) is 11.8 Å². The van der Waals surface area contributed by atoms with Crippen LogP contribution < -0.4 is 11.1 Å². The number of nitrogens with one attached hydrogen (secondary N) is 1. The smallest absolute Gasteiger partial charge is 0.224 e. The number of nitrogens with two attached hydrogens (primary N) is 1. The van der Waals surface area contributed by atoms with Gasteiger partial charge in [0.15, 0.2) is 0 Å². The molecule has 0 unspecified atom stereocenters. The first-order chi connectivity index (χ1) is 8.63. The third kappa shape index (κ3) is 5.65. The summed E-state index contributed by atoms with van der Waals surface area (Å²) in [4.78, 5) is 11.6. The molecular formula is C13H19ClN2OS. The van der Waals surface area contributed by atoms with Crippen molar-refractivity contribution < 1.29 is 4.79 Å². The molecule has 0 saturated carbocycles. The van der Waals surface area contributed by atoms with Crippen LogP contribution in [-0.4, -0.2) is 17.4 Å². The first-order valence-corrected chi connectivity index (χ1v) is 7.59. The number of rotatable bonds is 7. The maximum atomic E-state index is 11.6. The van der Waals surface area contributed by atoms with Gasteiger partial charge < -0.3 is 11.1 Å². The molecule has 100 valence electrons. The Morgan fingerprint density at radius 3 is 2.89 bits per heavy atom. The SMILES string of the molecule is CCCSCCCC(=O)Nc1ccc(Cl)c(N)c1. The van der Waals surface area contributed by atoms with Crippen molar-refractivity contribution in [2.45, 2.75) is 26.2 Å². The van der Waals surface area contributed by atoms with E-state index in [4.69, 9.17) is 17.3 Å². The Labute approximate surface area is 117 Å². The first-order valence-electron chi connectivity index (χ1n) is 6.06. The van der Waals surface area contributed by atoms with Crippen molar-refractivity contribution in [3.8, 4) is 0 Å². The van der Waals surface area contributed by atoms with E-state index in [-0.39, 0.29) is 5.91 Å². The summed E-state index contributed by atoms with van der Waals surface area (Å²) in [6, 6.07) is 5.11. The van der Waals surface area contributed by atoms with Crippen molar-refractivity contribution in [3.63, 3.8) is 0 Å². The highest BCUT2D eigenvalue weighted by Gasteiger charge is 2.04. The van der Waals surface area contributed by atoms with Crippen LogP contribution in [0.3, 0.4) is 0 Å². The van der Waals surface area contributed by atoms with Crippen LogP contribution in [0.25, 0.3) is 0 Å². The van der Waals surface area contributed by atoms with Crippen molar-refractivity contribution in [1.29, 1.82) is 0 Å². The van der Waals surface area contributed by atoms with E-state index in [2.05, 4.69) is 12.2 Å². The quantitative estimate of drug-likeness (QED) is 0.592. The molecule has 0 radical (unpaired) electrons. The summed E-state index contributed by atoms with van der Waals surface area (Å²) >= 11 is 7.70. The molecule has 0 aliphatic carbocycles. The van der Waals surface area contributed by atoms with E-state index in [1.165, 1.54) is 6.42 Å². The lowest BCUT2D eigenvalue weighted by molar-refractivity contribution is -0.116. The number of amides is 1. The number of hydrogen-bond acceptors (Lipinski definition) is 3. The van der Waals surface area contributed by atoms with Crippen molar-refractivity contribution in [2.24, 2.45) is 0 Å². The third-order valence-corrected chi connectivity index (χ3v) is 3.94. The van der Waals surface area contributed by atoms with Gasteiger partial charge in [-0.1, -0.05) is 18.5 Å². The molecule has 3 nitrogen and oxygen atoms in total. The van der Waals surface area contributed by atoms with Gasteiger partial charge in [0, 0.05) is 12.1 Å². The molecule has 1 aromatic carbocycles.